The second-order valence-corrected chi connectivity index (χ2v) is 8.34. The third kappa shape index (κ3) is 3.59. The zero-order valence-electron chi connectivity index (χ0n) is 16.6. The fourth-order valence-electron chi connectivity index (χ4n) is 4.65. The third-order valence-electron chi connectivity index (χ3n) is 6.36. The number of fused-ring (bicyclic) bond motifs is 2. The lowest BCUT2D eigenvalue weighted by molar-refractivity contribution is 0.0680. The van der Waals surface area contributed by atoms with Crippen LogP contribution in [0.5, 0.6) is 0 Å². The number of aromatic nitrogens is 3. The quantitative estimate of drug-likeness (QED) is 0.691. The molecule has 6 heteroatoms. The molecular formula is C23H26N4O2. The van der Waals surface area contributed by atoms with Gasteiger partial charge in [-0.05, 0) is 68.2 Å². The molecule has 6 nitrogen and oxygen atoms in total. The van der Waals surface area contributed by atoms with Crippen LogP contribution in [0.15, 0.2) is 47.5 Å². The van der Waals surface area contributed by atoms with E-state index in [0.717, 1.165) is 74.0 Å². The largest absolute Gasteiger partial charge is 0.339 e. The zero-order chi connectivity index (χ0) is 19.8. The molecule has 29 heavy (non-hydrogen) atoms. The number of hydrogen-bond acceptors (Lipinski definition) is 3. The fourth-order valence-corrected chi connectivity index (χ4v) is 4.65. The van der Waals surface area contributed by atoms with Crippen LogP contribution in [0.3, 0.4) is 0 Å². The lowest BCUT2D eigenvalue weighted by Crippen LogP contribution is -2.40. The first-order chi connectivity index (χ1) is 14.2. The van der Waals surface area contributed by atoms with E-state index in [1.165, 1.54) is 0 Å². The summed E-state index contributed by atoms with van der Waals surface area (Å²) in [6.07, 6.45) is 9.95. The molecule has 1 saturated heterocycles. The van der Waals surface area contributed by atoms with Gasteiger partial charge in [0.15, 0.2) is 0 Å². The van der Waals surface area contributed by atoms with E-state index in [4.69, 9.17) is 0 Å². The maximum absolute atomic E-state index is 12.9. The van der Waals surface area contributed by atoms with E-state index < -0.39 is 0 Å². The Hall–Kier alpha value is -2.89. The Kier molecular flexibility index (Phi) is 4.70. The van der Waals surface area contributed by atoms with E-state index >= 15 is 0 Å². The van der Waals surface area contributed by atoms with E-state index in [2.05, 4.69) is 5.10 Å². The molecule has 1 aliphatic carbocycles. The van der Waals surface area contributed by atoms with Crippen LogP contribution in [-0.4, -0.2) is 38.1 Å². The molecule has 150 valence electrons. The summed E-state index contributed by atoms with van der Waals surface area (Å²) < 4.78 is 3.64. The highest BCUT2D eigenvalue weighted by Gasteiger charge is 2.25. The van der Waals surface area contributed by atoms with Crippen molar-refractivity contribution in [1.82, 2.24) is 19.1 Å². The highest BCUT2D eigenvalue weighted by molar-refractivity contribution is 5.95. The van der Waals surface area contributed by atoms with Gasteiger partial charge in [0, 0.05) is 43.6 Å². The van der Waals surface area contributed by atoms with Gasteiger partial charge >= 0.3 is 0 Å². The number of rotatable bonds is 3. The Balaban J connectivity index is 1.24. The molecule has 5 rings (SSSR count). The van der Waals surface area contributed by atoms with Crippen LogP contribution in [0.4, 0.5) is 0 Å². The molecule has 0 saturated carbocycles. The van der Waals surface area contributed by atoms with Crippen LogP contribution >= 0.6 is 0 Å². The molecule has 3 aromatic heterocycles. The van der Waals surface area contributed by atoms with Crippen LogP contribution in [0.1, 0.15) is 47.3 Å². The number of pyridine rings is 1. The molecular weight excluding hydrogens is 364 g/mol. The first-order valence-electron chi connectivity index (χ1n) is 10.6. The van der Waals surface area contributed by atoms with Crippen molar-refractivity contribution in [3.8, 4) is 0 Å². The van der Waals surface area contributed by atoms with Crippen molar-refractivity contribution >= 4 is 11.4 Å². The van der Waals surface area contributed by atoms with Gasteiger partial charge in [-0.1, -0.05) is 6.07 Å². The van der Waals surface area contributed by atoms with Crippen LogP contribution < -0.4 is 5.56 Å². The number of carbonyl (C=O) groups excluding carboxylic acids is 1. The molecule has 0 atom stereocenters. The van der Waals surface area contributed by atoms with Crippen molar-refractivity contribution in [1.29, 1.82) is 0 Å². The summed E-state index contributed by atoms with van der Waals surface area (Å²) in [6.45, 7) is 2.12. The molecule has 2 aliphatic rings. The Labute approximate surface area is 169 Å². The van der Waals surface area contributed by atoms with Crippen molar-refractivity contribution in [3.63, 3.8) is 0 Å². The standard InChI is InChI=1S/C23H26N4O2/c28-22-14-18-5-1-2-7-21(18)24-27(22)15-17-8-11-25(12-9-17)23(29)19-13-20-6-3-4-10-26(20)16-19/h3-4,6,10,13-14,16-17H,1-2,5,7-9,11-12,15H2. The second-order valence-electron chi connectivity index (χ2n) is 8.34. The lowest BCUT2D eigenvalue weighted by atomic mass is 9.95. The van der Waals surface area contributed by atoms with Gasteiger partial charge in [0.05, 0.1) is 11.3 Å². The molecule has 1 fully saturated rings. The third-order valence-corrected chi connectivity index (χ3v) is 6.36. The normalized spacial score (nSPS) is 17.4. The average Bonchev–Trinajstić information content (AvgIpc) is 3.19. The van der Waals surface area contributed by atoms with E-state index in [0.29, 0.717) is 12.5 Å². The summed E-state index contributed by atoms with van der Waals surface area (Å²) >= 11 is 0. The van der Waals surface area contributed by atoms with Crippen molar-refractivity contribution in [2.24, 2.45) is 5.92 Å². The van der Waals surface area contributed by atoms with Gasteiger partial charge in [-0.2, -0.15) is 5.10 Å². The van der Waals surface area contributed by atoms with E-state index in [1.807, 2.05) is 46.0 Å². The first-order valence-corrected chi connectivity index (χ1v) is 10.6. The molecule has 0 radical (unpaired) electrons. The van der Waals surface area contributed by atoms with Gasteiger partial charge in [0.25, 0.3) is 11.5 Å². The van der Waals surface area contributed by atoms with Crippen molar-refractivity contribution in [2.75, 3.05) is 13.1 Å². The number of carbonyl (C=O) groups is 1. The predicted molar refractivity (Wildman–Crippen MR) is 111 cm³/mol. The number of amides is 1. The minimum atomic E-state index is 0.0182. The monoisotopic (exact) mass is 390 g/mol. The highest BCUT2D eigenvalue weighted by atomic mass is 16.2. The van der Waals surface area contributed by atoms with E-state index in [1.54, 1.807) is 10.7 Å². The number of hydrogen-bond donors (Lipinski definition) is 0. The van der Waals surface area contributed by atoms with Gasteiger partial charge in [-0.15, -0.1) is 0 Å². The average molecular weight is 390 g/mol. The maximum atomic E-state index is 12.9. The molecule has 1 aliphatic heterocycles. The van der Waals surface area contributed by atoms with Gasteiger partial charge in [0.2, 0.25) is 0 Å². The van der Waals surface area contributed by atoms with Crippen LogP contribution in [-0.2, 0) is 19.4 Å². The van der Waals surface area contributed by atoms with Gasteiger partial charge < -0.3 is 9.30 Å². The molecule has 4 heterocycles. The summed E-state index contributed by atoms with van der Waals surface area (Å²) in [5, 5.41) is 4.65. The molecule has 0 aromatic carbocycles. The summed E-state index contributed by atoms with van der Waals surface area (Å²) in [6, 6.07) is 9.68. The molecule has 0 spiro atoms. The number of piperidine rings is 1. The summed E-state index contributed by atoms with van der Waals surface area (Å²) in [5.41, 5.74) is 4.03. The molecule has 1 amide bonds. The molecule has 0 bridgehead atoms. The number of likely N-dealkylation sites (tertiary alicyclic amines) is 1. The summed E-state index contributed by atoms with van der Waals surface area (Å²) in [5.74, 6) is 0.482. The Bertz CT molecular complexity index is 1070. The SMILES string of the molecule is O=C(c1cc2ccccn2c1)N1CCC(Cn2nc3c(cc2=O)CCCC3)CC1. The predicted octanol–water partition coefficient (Wildman–Crippen LogP) is 2.93. The summed E-state index contributed by atoms with van der Waals surface area (Å²) in [7, 11) is 0. The highest BCUT2D eigenvalue weighted by Crippen LogP contribution is 2.22. The molecule has 0 N–H and O–H groups in total. The van der Waals surface area contributed by atoms with Crippen molar-refractivity contribution in [3.05, 3.63) is 69.9 Å². The Morgan fingerprint density at radius 2 is 1.93 bits per heavy atom. The van der Waals surface area contributed by atoms with Crippen molar-refractivity contribution < 1.29 is 4.79 Å². The van der Waals surface area contributed by atoms with Crippen LogP contribution in [0, 0.1) is 5.92 Å². The van der Waals surface area contributed by atoms with Crippen LogP contribution in [0.2, 0.25) is 0 Å². The van der Waals surface area contributed by atoms with Gasteiger partial charge in [-0.25, -0.2) is 4.68 Å². The minimum absolute atomic E-state index is 0.0182. The fraction of sp³-hybridized carbons (Fsp3) is 0.435. The van der Waals surface area contributed by atoms with E-state index in [9.17, 15) is 9.59 Å². The van der Waals surface area contributed by atoms with Crippen LogP contribution in [0.25, 0.3) is 5.52 Å². The number of aryl methyl sites for hydroxylation is 2. The molecule has 3 aromatic rings. The van der Waals surface area contributed by atoms with Gasteiger partial charge in [0.1, 0.15) is 0 Å². The Morgan fingerprint density at radius 1 is 1.10 bits per heavy atom. The smallest absolute Gasteiger partial charge is 0.267 e. The summed E-state index contributed by atoms with van der Waals surface area (Å²) in [4.78, 5) is 27.3. The zero-order valence-corrected chi connectivity index (χ0v) is 16.6. The second kappa shape index (κ2) is 7.50. The minimum Gasteiger partial charge on any atom is -0.339 e. The molecule has 0 unspecified atom stereocenters. The van der Waals surface area contributed by atoms with Gasteiger partial charge in [-0.3, -0.25) is 9.59 Å². The van der Waals surface area contributed by atoms with Crippen molar-refractivity contribution in [2.45, 2.75) is 45.1 Å². The first kappa shape index (κ1) is 18.2. The number of nitrogens with zero attached hydrogens (tertiary/aromatic N) is 4. The topological polar surface area (TPSA) is 59.6 Å². The van der Waals surface area contributed by atoms with E-state index in [-0.39, 0.29) is 11.5 Å². The Morgan fingerprint density at radius 3 is 2.76 bits per heavy atom. The lowest BCUT2D eigenvalue weighted by Gasteiger charge is -2.32. The maximum Gasteiger partial charge on any atom is 0.267 e.